The van der Waals surface area contributed by atoms with Crippen molar-refractivity contribution in [1.29, 1.82) is 0 Å². The summed E-state index contributed by atoms with van der Waals surface area (Å²) in [5.74, 6) is 1.69. The zero-order valence-corrected chi connectivity index (χ0v) is 14.4. The van der Waals surface area contributed by atoms with Gasteiger partial charge in [-0.05, 0) is 56.4 Å². The smallest absolute Gasteiger partial charge is 0.319 e. The van der Waals surface area contributed by atoms with Crippen LogP contribution in [0.2, 0.25) is 0 Å². The van der Waals surface area contributed by atoms with E-state index in [0.717, 1.165) is 25.3 Å². The van der Waals surface area contributed by atoms with Crippen molar-refractivity contribution < 1.29 is 14.3 Å². The first-order chi connectivity index (χ1) is 12.1. The van der Waals surface area contributed by atoms with Gasteiger partial charge < -0.3 is 25.0 Å². The Kier molecular flexibility index (Phi) is 5.35. The first-order valence-corrected chi connectivity index (χ1v) is 8.17. The Morgan fingerprint density at radius 3 is 2.68 bits per heavy atom. The minimum Gasteiger partial charge on any atom is -0.497 e. The van der Waals surface area contributed by atoms with Crippen LogP contribution in [-0.4, -0.2) is 49.2 Å². The molecule has 25 heavy (non-hydrogen) atoms. The maximum Gasteiger partial charge on any atom is 0.319 e. The number of likely N-dealkylation sites (tertiary alicyclic amines) is 1. The van der Waals surface area contributed by atoms with Gasteiger partial charge in [-0.25, -0.2) is 9.78 Å². The van der Waals surface area contributed by atoms with Crippen molar-refractivity contribution in [3.8, 4) is 17.4 Å². The van der Waals surface area contributed by atoms with Gasteiger partial charge >= 0.3 is 6.03 Å². The molecule has 2 N–H and O–H groups in total. The van der Waals surface area contributed by atoms with Crippen molar-refractivity contribution in [1.82, 2.24) is 15.2 Å². The second kappa shape index (κ2) is 7.85. The normalized spacial score (nSPS) is 17.1. The highest BCUT2D eigenvalue weighted by Gasteiger charge is 2.21. The number of likely N-dealkylation sites (N-methyl/N-ethyl adjacent to an activating group) is 1. The van der Waals surface area contributed by atoms with Crippen LogP contribution in [0.5, 0.6) is 17.4 Å². The highest BCUT2D eigenvalue weighted by atomic mass is 16.5. The van der Waals surface area contributed by atoms with Crippen LogP contribution in [0.3, 0.4) is 0 Å². The number of benzene rings is 1. The van der Waals surface area contributed by atoms with Gasteiger partial charge in [-0.15, -0.1) is 0 Å². The Morgan fingerprint density at radius 1 is 1.24 bits per heavy atom. The molecule has 1 aromatic carbocycles. The van der Waals surface area contributed by atoms with E-state index in [1.54, 1.807) is 49.7 Å². The SMILES string of the molecule is COc1ccc(Oc2ncccc2NC(=O)N[C@H]2CCN(C)C2)cc1. The largest absolute Gasteiger partial charge is 0.497 e. The number of rotatable bonds is 5. The molecule has 2 heterocycles. The first-order valence-electron chi connectivity index (χ1n) is 8.17. The summed E-state index contributed by atoms with van der Waals surface area (Å²) in [6.07, 6.45) is 2.57. The fourth-order valence-corrected chi connectivity index (χ4v) is 2.72. The molecular weight excluding hydrogens is 320 g/mol. The van der Waals surface area contributed by atoms with Crippen LogP contribution in [0.25, 0.3) is 0 Å². The molecule has 7 nitrogen and oxygen atoms in total. The maximum absolute atomic E-state index is 12.2. The van der Waals surface area contributed by atoms with Gasteiger partial charge in [0.25, 0.3) is 0 Å². The zero-order chi connectivity index (χ0) is 17.6. The van der Waals surface area contributed by atoms with Crippen LogP contribution >= 0.6 is 0 Å². The lowest BCUT2D eigenvalue weighted by atomic mass is 10.3. The average molecular weight is 342 g/mol. The Hall–Kier alpha value is -2.80. The Balaban J connectivity index is 1.64. The predicted molar refractivity (Wildman–Crippen MR) is 95.4 cm³/mol. The summed E-state index contributed by atoms with van der Waals surface area (Å²) in [5.41, 5.74) is 0.516. The molecule has 3 rings (SSSR count). The number of urea groups is 1. The van der Waals surface area contributed by atoms with Crippen molar-refractivity contribution >= 4 is 11.7 Å². The summed E-state index contributed by atoms with van der Waals surface area (Å²) in [6.45, 7) is 1.85. The van der Waals surface area contributed by atoms with Gasteiger partial charge in [-0.1, -0.05) is 0 Å². The van der Waals surface area contributed by atoms with Gasteiger partial charge in [0.05, 0.1) is 7.11 Å². The summed E-state index contributed by atoms with van der Waals surface area (Å²) in [7, 11) is 3.65. The number of ether oxygens (including phenoxy) is 2. The number of carbonyl (C=O) groups is 1. The molecule has 0 unspecified atom stereocenters. The number of hydrogen-bond donors (Lipinski definition) is 2. The van der Waals surface area contributed by atoms with Gasteiger partial charge in [-0.2, -0.15) is 0 Å². The Bertz CT molecular complexity index is 721. The summed E-state index contributed by atoms with van der Waals surface area (Å²) in [4.78, 5) is 18.6. The number of nitrogens with zero attached hydrogens (tertiary/aromatic N) is 2. The predicted octanol–water partition coefficient (Wildman–Crippen LogP) is 2.71. The van der Waals surface area contributed by atoms with E-state index in [1.165, 1.54) is 0 Å². The van der Waals surface area contributed by atoms with Crippen molar-refractivity contribution in [2.24, 2.45) is 0 Å². The van der Waals surface area contributed by atoms with E-state index in [2.05, 4.69) is 20.5 Å². The van der Waals surface area contributed by atoms with Gasteiger partial charge in [0.1, 0.15) is 17.2 Å². The third kappa shape index (κ3) is 4.60. The molecule has 1 fully saturated rings. The van der Waals surface area contributed by atoms with Crippen LogP contribution in [0, 0.1) is 0 Å². The fraction of sp³-hybridized carbons (Fsp3) is 0.333. The van der Waals surface area contributed by atoms with E-state index in [4.69, 9.17) is 9.47 Å². The molecule has 1 atom stereocenters. The molecule has 7 heteroatoms. The number of pyridine rings is 1. The van der Waals surface area contributed by atoms with E-state index in [1.807, 2.05) is 7.05 Å². The average Bonchev–Trinajstić information content (AvgIpc) is 3.02. The van der Waals surface area contributed by atoms with Gasteiger partial charge in [-0.3, -0.25) is 0 Å². The van der Waals surface area contributed by atoms with E-state index >= 15 is 0 Å². The standard InChI is InChI=1S/C18H22N4O3/c1-22-11-9-13(12-22)20-18(23)21-16-4-3-10-19-17(16)25-15-7-5-14(24-2)6-8-15/h3-8,10,13H,9,11-12H2,1-2H3,(H2,20,21,23)/t13-/m0/s1. The van der Waals surface area contributed by atoms with Crippen molar-refractivity contribution in [3.05, 3.63) is 42.6 Å². The highest BCUT2D eigenvalue weighted by Crippen LogP contribution is 2.28. The number of nitrogens with one attached hydrogen (secondary N) is 2. The summed E-state index contributed by atoms with van der Waals surface area (Å²) in [5, 5.41) is 5.79. The van der Waals surface area contributed by atoms with Crippen molar-refractivity contribution in [2.75, 3.05) is 32.6 Å². The monoisotopic (exact) mass is 342 g/mol. The Morgan fingerprint density at radius 2 is 2.00 bits per heavy atom. The summed E-state index contributed by atoms with van der Waals surface area (Å²) in [6, 6.07) is 10.6. The number of methoxy groups -OCH3 is 1. The number of amides is 2. The quantitative estimate of drug-likeness (QED) is 0.874. The van der Waals surface area contributed by atoms with Crippen LogP contribution in [0.4, 0.5) is 10.5 Å². The number of aromatic nitrogens is 1. The molecule has 1 aliphatic rings. The first kappa shape index (κ1) is 17.0. The number of hydrogen-bond acceptors (Lipinski definition) is 5. The van der Waals surface area contributed by atoms with E-state index in [0.29, 0.717) is 17.3 Å². The minimum absolute atomic E-state index is 0.160. The van der Waals surface area contributed by atoms with Gasteiger partial charge in [0, 0.05) is 18.8 Å². The third-order valence-electron chi connectivity index (χ3n) is 4.02. The van der Waals surface area contributed by atoms with Gasteiger partial charge in [0.15, 0.2) is 0 Å². The van der Waals surface area contributed by atoms with Crippen LogP contribution in [0.1, 0.15) is 6.42 Å². The van der Waals surface area contributed by atoms with E-state index < -0.39 is 0 Å². The molecule has 1 saturated heterocycles. The molecule has 132 valence electrons. The zero-order valence-electron chi connectivity index (χ0n) is 14.4. The molecular formula is C18H22N4O3. The van der Waals surface area contributed by atoms with E-state index in [9.17, 15) is 4.79 Å². The molecule has 0 bridgehead atoms. The maximum atomic E-state index is 12.2. The second-order valence-corrected chi connectivity index (χ2v) is 5.98. The topological polar surface area (TPSA) is 75.7 Å². The lowest BCUT2D eigenvalue weighted by molar-refractivity contribution is 0.248. The lowest BCUT2D eigenvalue weighted by Crippen LogP contribution is -2.39. The molecule has 0 saturated carbocycles. The Labute approximate surface area is 147 Å². The highest BCUT2D eigenvalue weighted by molar-refractivity contribution is 5.90. The van der Waals surface area contributed by atoms with Crippen LogP contribution in [0.15, 0.2) is 42.6 Å². The molecule has 0 aliphatic carbocycles. The number of carbonyl (C=O) groups excluding carboxylic acids is 1. The third-order valence-corrected chi connectivity index (χ3v) is 4.02. The van der Waals surface area contributed by atoms with E-state index in [-0.39, 0.29) is 12.1 Å². The molecule has 0 spiro atoms. The molecule has 2 aromatic rings. The minimum atomic E-state index is -0.257. The second-order valence-electron chi connectivity index (χ2n) is 5.98. The fourth-order valence-electron chi connectivity index (χ4n) is 2.72. The van der Waals surface area contributed by atoms with Gasteiger partial charge in [0.2, 0.25) is 5.88 Å². The van der Waals surface area contributed by atoms with Crippen LogP contribution in [-0.2, 0) is 0 Å². The van der Waals surface area contributed by atoms with Crippen molar-refractivity contribution in [3.63, 3.8) is 0 Å². The number of anilines is 1. The lowest BCUT2D eigenvalue weighted by Gasteiger charge is -2.15. The van der Waals surface area contributed by atoms with Crippen molar-refractivity contribution in [2.45, 2.75) is 12.5 Å². The molecule has 1 aromatic heterocycles. The summed E-state index contributed by atoms with van der Waals surface area (Å²) < 4.78 is 10.9. The molecule has 2 amide bonds. The molecule has 1 aliphatic heterocycles. The summed E-state index contributed by atoms with van der Waals surface area (Å²) >= 11 is 0. The van der Waals surface area contributed by atoms with Crippen LogP contribution < -0.4 is 20.1 Å². The molecule has 0 radical (unpaired) electrons.